The second-order valence-electron chi connectivity index (χ2n) is 3.15. The highest BCUT2D eigenvalue weighted by Crippen LogP contribution is 2.16. The lowest BCUT2D eigenvalue weighted by atomic mass is 10.3. The van der Waals surface area contributed by atoms with Crippen LogP contribution in [0.15, 0.2) is 29.2 Å². The van der Waals surface area contributed by atoms with E-state index < -0.39 is 15.7 Å². The molecule has 0 saturated carbocycles. The van der Waals surface area contributed by atoms with Crippen LogP contribution in [0.3, 0.4) is 0 Å². The molecule has 0 spiro atoms. The van der Waals surface area contributed by atoms with E-state index in [-0.39, 0.29) is 10.6 Å². The van der Waals surface area contributed by atoms with E-state index in [1.165, 1.54) is 18.2 Å². The molecule has 1 aromatic rings. The summed E-state index contributed by atoms with van der Waals surface area (Å²) in [5, 5.41) is 0. The number of alkyl halides is 1. The molecule has 0 radical (unpaired) electrons. The van der Waals surface area contributed by atoms with Crippen LogP contribution in [0.2, 0.25) is 0 Å². The number of sulfone groups is 1. The van der Waals surface area contributed by atoms with Gasteiger partial charge in [0.25, 0.3) is 0 Å². The third-order valence-electron chi connectivity index (χ3n) is 1.97. The standard InChI is InChI=1S/C10H12ClFO2S/c11-7-3-4-8-15(13,14)10-6-2-1-5-9(10)12/h1-2,5-6H,3-4,7-8H2. The Hall–Kier alpha value is -0.610. The Morgan fingerprint density at radius 3 is 2.47 bits per heavy atom. The first-order chi connectivity index (χ1) is 7.08. The van der Waals surface area contributed by atoms with Gasteiger partial charge in [-0.25, -0.2) is 12.8 Å². The second-order valence-corrected chi connectivity index (χ2v) is 5.60. The zero-order valence-corrected chi connectivity index (χ0v) is 9.69. The van der Waals surface area contributed by atoms with Gasteiger partial charge in [-0.2, -0.15) is 0 Å². The van der Waals surface area contributed by atoms with E-state index in [1.807, 2.05) is 0 Å². The van der Waals surface area contributed by atoms with E-state index in [9.17, 15) is 12.8 Å². The van der Waals surface area contributed by atoms with E-state index in [4.69, 9.17) is 11.6 Å². The molecule has 84 valence electrons. The van der Waals surface area contributed by atoms with E-state index in [0.717, 1.165) is 6.07 Å². The lowest BCUT2D eigenvalue weighted by molar-refractivity contribution is 0.565. The quantitative estimate of drug-likeness (QED) is 0.595. The number of hydrogen-bond acceptors (Lipinski definition) is 2. The molecule has 0 aliphatic carbocycles. The van der Waals surface area contributed by atoms with Gasteiger partial charge in [-0.1, -0.05) is 12.1 Å². The smallest absolute Gasteiger partial charge is 0.181 e. The van der Waals surface area contributed by atoms with Gasteiger partial charge >= 0.3 is 0 Å². The van der Waals surface area contributed by atoms with Crippen LogP contribution in [-0.4, -0.2) is 20.1 Å². The number of halogens is 2. The van der Waals surface area contributed by atoms with Crippen LogP contribution in [0.4, 0.5) is 4.39 Å². The topological polar surface area (TPSA) is 34.1 Å². The summed E-state index contributed by atoms with van der Waals surface area (Å²) in [5.41, 5.74) is 0. The van der Waals surface area contributed by atoms with Gasteiger partial charge in [0.15, 0.2) is 9.84 Å². The van der Waals surface area contributed by atoms with Crippen LogP contribution in [0.25, 0.3) is 0 Å². The second kappa shape index (κ2) is 5.47. The van der Waals surface area contributed by atoms with Crippen molar-refractivity contribution in [2.75, 3.05) is 11.6 Å². The highest BCUT2D eigenvalue weighted by molar-refractivity contribution is 7.91. The predicted molar refractivity (Wildman–Crippen MR) is 58.4 cm³/mol. The third kappa shape index (κ3) is 3.47. The molecule has 0 saturated heterocycles. The van der Waals surface area contributed by atoms with Gasteiger partial charge in [-0.15, -0.1) is 11.6 Å². The molecule has 15 heavy (non-hydrogen) atoms. The number of rotatable bonds is 5. The SMILES string of the molecule is O=S(=O)(CCCCCl)c1ccccc1F. The fourth-order valence-corrected chi connectivity index (χ4v) is 2.84. The monoisotopic (exact) mass is 250 g/mol. The molecule has 0 amide bonds. The van der Waals surface area contributed by atoms with Crippen molar-refractivity contribution in [2.45, 2.75) is 17.7 Å². The minimum absolute atomic E-state index is 0.0549. The Balaban J connectivity index is 2.83. The van der Waals surface area contributed by atoms with Crippen molar-refractivity contribution in [1.82, 2.24) is 0 Å². The van der Waals surface area contributed by atoms with Crippen molar-refractivity contribution in [3.05, 3.63) is 30.1 Å². The van der Waals surface area contributed by atoms with Gasteiger partial charge in [0, 0.05) is 5.88 Å². The summed E-state index contributed by atoms with van der Waals surface area (Å²) >= 11 is 5.44. The molecular weight excluding hydrogens is 239 g/mol. The molecule has 0 bridgehead atoms. The van der Waals surface area contributed by atoms with E-state index >= 15 is 0 Å². The van der Waals surface area contributed by atoms with E-state index in [0.29, 0.717) is 18.7 Å². The third-order valence-corrected chi connectivity index (χ3v) is 4.06. The lowest BCUT2D eigenvalue weighted by Crippen LogP contribution is -2.08. The molecule has 0 aliphatic rings. The maximum Gasteiger partial charge on any atom is 0.181 e. The molecule has 0 unspecified atom stereocenters. The molecule has 5 heteroatoms. The average Bonchev–Trinajstić information content (AvgIpc) is 2.18. The van der Waals surface area contributed by atoms with Crippen LogP contribution in [0, 0.1) is 5.82 Å². The summed E-state index contributed by atoms with van der Waals surface area (Å²) in [5.74, 6) is -0.323. The minimum Gasteiger partial charge on any atom is -0.224 e. The van der Waals surface area contributed by atoms with Crippen molar-refractivity contribution in [1.29, 1.82) is 0 Å². The number of hydrogen-bond donors (Lipinski definition) is 0. The molecular formula is C10H12ClFO2S. The Labute approximate surface area is 94.0 Å². The van der Waals surface area contributed by atoms with Gasteiger partial charge in [-0.3, -0.25) is 0 Å². The van der Waals surface area contributed by atoms with Crippen molar-refractivity contribution < 1.29 is 12.8 Å². The molecule has 0 heterocycles. The average molecular weight is 251 g/mol. The Morgan fingerprint density at radius 1 is 1.20 bits per heavy atom. The van der Waals surface area contributed by atoms with Gasteiger partial charge in [-0.05, 0) is 25.0 Å². The summed E-state index contributed by atoms with van der Waals surface area (Å²) in [6.07, 6.45) is 1.08. The first-order valence-electron chi connectivity index (χ1n) is 4.61. The normalized spacial score (nSPS) is 11.6. The summed E-state index contributed by atoms with van der Waals surface area (Å²) < 4.78 is 36.5. The van der Waals surface area contributed by atoms with Gasteiger partial charge in [0.1, 0.15) is 10.7 Å². The van der Waals surface area contributed by atoms with Crippen LogP contribution < -0.4 is 0 Å². The zero-order chi connectivity index (χ0) is 11.3. The highest BCUT2D eigenvalue weighted by atomic mass is 35.5. The molecule has 0 fully saturated rings. The molecule has 1 aromatic carbocycles. The van der Waals surface area contributed by atoms with Crippen LogP contribution in [0.1, 0.15) is 12.8 Å². The summed E-state index contributed by atoms with van der Waals surface area (Å²) in [4.78, 5) is -0.223. The van der Waals surface area contributed by atoms with Gasteiger partial charge in [0.2, 0.25) is 0 Å². The van der Waals surface area contributed by atoms with E-state index in [2.05, 4.69) is 0 Å². The number of unbranched alkanes of at least 4 members (excludes halogenated alkanes) is 1. The molecule has 1 rings (SSSR count). The van der Waals surface area contributed by atoms with Crippen LogP contribution >= 0.6 is 11.6 Å². The predicted octanol–water partition coefficient (Wildman–Crippen LogP) is 2.62. The Kier molecular flexibility index (Phi) is 4.54. The Morgan fingerprint density at radius 2 is 1.87 bits per heavy atom. The molecule has 0 aliphatic heterocycles. The largest absolute Gasteiger partial charge is 0.224 e. The molecule has 0 atom stereocenters. The molecule has 0 N–H and O–H groups in total. The highest BCUT2D eigenvalue weighted by Gasteiger charge is 2.17. The fraction of sp³-hybridized carbons (Fsp3) is 0.400. The first-order valence-corrected chi connectivity index (χ1v) is 6.80. The van der Waals surface area contributed by atoms with Gasteiger partial charge < -0.3 is 0 Å². The van der Waals surface area contributed by atoms with Crippen molar-refractivity contribution in [2.24, 2.45) is 0 Å². The van der Waals surface area contributed by atoms with Crippen molar-refractivity contribution in [3.8, 4) is 0 Å². The van der Waals surface area contributed by atoms with Crippen molar-refractivity contribution >= 4 is 21.4 Å². The van der Waals surface area contributed by atoms with Gasteiger partial charge in [0.05, 0.1) is 5.75 Å². The summed E-state index contributed by atoms with van der Waals surface area (Å²) in [7, 11) is -3.50. The minimum atomic E-state index is -3.50. The number of benzene rings is 1. The van der Waals surface area contributed by atoms with Crippen LogP contribution in [-0.2, 0) is 9.84 Å². The Bertz CT molecular complexity index is 417. The van der Waals surface area contributed by atoms with E-state index in [1.54, 1.807) is 0 Å². The zero-order valence-electron chi connectivity index (χ0n) is 8.12. The first kappa shape index (κ1) is 12.5. The molecule has 0 aromatic heterocycles. The lowest BCUT2D eigenvalue weighted by Gasteiger charge is -2.04. The molecule has 2 nitrogen and oxygen atoms in total. The maximum atomic E-state index is 13.2. The van der Waals surface area contributed by atoms with Crippen molar-refractivity contribution in [3.63, 3.8) is 0 Å². The summed E-state index contributed by atoms with van der Waals surface area (Å²) in [6.45, 7) is 0. The van der Waals surface area contributed by atoms with Crippen LogP contribution in [0.5, 0.6) is 0 Å². The summed E-state index contributed by atoms with van der Waals surface area (Å²) in [6, 6.07) is 5.41. The maximum absolute atomic E-state index is 13.2. The fourth-order valence-electron chi connectivity index (χ4n) is 1.19.